The largest absolute Gasteiger partial charge is 0.342 e. The normalized spacial score (nSPS) is 24.4. The zero-order chi connectivity index (χ0) is 11.1. The van der Waals surface area contributed by atoms with E-state index in [1.807, 2.05) is 0 Å². The smallest absolute Gasteiger partial charge is 0.272 e. The third-order valence-corrected chi connectivity index (χ3v) is 4.69. The van der Waals surface area contributed by atoms with E-state index >= 15 is 0 Å². The van der Waals surface area contributed by atoms with Gasteiger partial charge in [-0.2, -0.15) is 0 Å². The van der Waals surface area contributed by atoms with Crippen molar-refractivity contribution in [2.24, 2.45) is 5.92 Å². The number of nitrogens with one attached hydrogen (secondary N) is 2. The van der Waals surface area contributed by atoms with Crippen molar-refractivity contribution in [3.05, 3.63) is 15.3 Å². The van der Waals surface area contributed by atoms with Gasteiger partial charge in [0, 0.05) is 6.54 Å². The molecular formula is C7H11N3O3S2. The molecule has 1 aliphatic heterocycles. The van der Waals surface area contributed by atoms with Crippen LogP contribution in [0.4, 0.5) is 0 Å². The van der Waals surface area contributed by atoms with Gasteiger partial charge in [-0.05, 0) is 24.6 Å². The van der Waals surface area contributed by atoms with E-state index in [-0.39, 0.29) is 23.1 Å². The van der Waals surface area contributed by atoms with Crippen molar-refractivity contribution in [1.82, 2.24) is 14.8 Å². The van der Waals surface area contributed by atoms with Gasteiger partial charge in [0.1, 0.15) is 0 Å². The molecule has 0 radical (unpaired) electrons. The van der Waals surface area contributed by atoms with Crippen LogP contribution >= 0.6 is 12.2 Å². The second-order valence-electron chi connectivity index (χ2n) is 3.74. The zero-order valence-corrected chi connectivity index (χ0v) is 9.53. The second kappa shape index (κ2) is 3.60. The van der Waals surface area contributed by atoms with Crippen LogP contribution in [0.15, 0.2) is 4.79 Å². The van der Waals surface area contributed by atoms with Gasteiger partial charge in [-0.1, -0.05) is 0 Å². The van der Waals surface area contributed by atoms with Gasteiger partial charge in [-0.15, -0.1) is 0 Å². The molecule has 0 amide bonds. The molecule has 0 aromatic carbocycles. The molecular weight excluding hydrogens is 238 g/mol. The summed E-state index contributed by atoms with van der Waals surface area (Å²) < 4.78 is 24.1. The van der Waals surface area contributed by atoms with Crippen molar-refractivity contribution in [2.45, 2.75) is 13.0 Å². The lowest BCUT2D eigenvalue weighted by Gasteiger charge is -2.06. The lowest BCUT2D eigenvalue weighted by Crippen LogP contribution is -2.22. The summed E-state index contributed by atoms with van der Waals surface area (Å²) in [5.74, 6) is 0.366. The minimum Gasteiger partial charge on any atom is -0.272 e. The summed E-state index contributed by atoms with van der Waals surface area (Å²) in [6.07, 6.45) is 0.606. The molecule has 1 aromatic rings. The number of aromatic nitrogens is 3. The third-order valence-electron chi connectivity index (χ3n) is 2.53. The van der Waals surface area contributed by atoms with E-state index in [0.717, 1.165) is 0 Å². The predicted octanol–water partition coefficient (Wildman–Crippen LogP) is -0.331. The van der Waals surface area contributed by atoms with E-state index in [1.54, 1.807) is 0 Å². The quantitative estimate of drug-likeness (QED) is 0.702. The average molecular weight is 249 g/mol. The van der Waals surface area contributed by atoms with Gasteiger partial charge in [0.15, 0.2) is 14.6 Å². The van der Waals surface area contributed by atoms with Gasteiger partial charge < -0.3 is 0 Å². The minimum atomic E-state index is -2.89. The molecule has 6 nitrogen and oxygen atoms in total. The summed E-state index contributed by atoms with van der Waals surface area (Å²) in [6.45, 7) is 0.372. The summed E-state index contributed by atoms with van der Waals surface area (Å²) in [5, 5.41) is 4.88. The number of rotatable bonds is 2. The first-order valence-electron chi connectivity index (χ1n) is 4.56. The van der Waals surface area contributed by atoms with E-state index in [2.05, 4.69) is 10.2 Å². The maximum atomic E-state index is 11.2. The highest BCUT2D eigenvalue weighted by Crippen LogP contribution is 2.19. The lowest BCUT2D eigenvalue weighted by atomic mass is 10.1. The Hall–Kier alpha value is -0.890. The molecule has 2 N–H and O–H groups in total. The Morgan fingerprint density at radius 3 is 2.67 bits per heavy atom. The highest BCUT2D eigenvalue weighted by atomic mass is 32.2. The zero-order valence-electron chi connectivity index (χ0n) is 7.89. The van der Waals surface area contributed by atoms with Crippen LogP contribution in [0.3, 0.4) is 0 Å². The SMILES string of the molecule is O=c1[nH][nH]c(=S)n1CC1CCS(=O)(=O)C1. The van der Waals surface area contributed by atoms with Gasteiger partial charge in [0.05, 0.1) is 11.5 Å². The average Bonchev–Trinajstić information content (AvgIpc) is 2.63. The molecule has 15 heavy (non-hydrogen) atoms. The Morgan fingerprint density at radius 2 is 2.20 bits per heavy atom. The van der Waals surface area contributed by atoms with Gasteiger partial charge >= 0.3 is 5.69 Å². The lowest BCUT2D eigenvalue weighted by molar-refractivity contribution is 0.478. The van der Waals surface area contributed by atoms with E-state index < -0.39 is 9.84 Å². The maximum Gasteiger partial charge on any atom is 0.342 e. The molecule has 0 saturated carbocycles. The van der Waals surface area contributed by atoms with E-state index in [4.69, 9.17) is 12.2 Å². The standard InChI is InChI=1S/C7H11N3O3S2/c11-6-8-9-7(14)10(6)3-5-1-2-15(12,13)4-5/h5H,1-4H2,(H,8,11)(H,9,14). The van der Waals surface area contributed by atoms with Crippen LogP contribution in [0, 0.1) is 10.7 Å². The van der Waals surface area contributed by atoms with Crippen molar-refractivity contribution < 1.29 is 8.42 Å². The van der Waals surface area contributed by atoms with E-state index in [1.165, 1.54) is 4.57 Å². The first-order chi connectivity index (χ1) is 6.98. The summed E-state index contributed by atoms with van der Waals surface area (Å²) in [5.41, 5.74) is -0.315. The molecule has 1 aliphatic rings. The molecule has 84 valence electrons. The van der Waals surface area contributed by atoms with Crippen molar-refractivity contribution in [1.29, 1.82) is 0 Å². The molecule has 0 aliphatic carbocycles. The van der Waals surface area contributed by atoms with Crippen LogP contribution in [-0.2, 0) is 16.4 Å². The molecule has 2 heterocycles. The number of aromatic amines is 2. The fourth-order valence-electron chi connectivity index (χ4n) is 1.77. The van der Waals surface area contributed by atoms with Crippen LogP contribution in [0.2, 0.25) is 0 Å². The summed E-state index contributed by atoms with van der Waals surface area (Å²) >= 11 is 4.89. The fraction of sp³-hybridized carbons (Fsp3) is 0.714. The Bertz CT molecular complexity index is 537. The molecule has 1 fully saturated rings. The first-order valence-corrected chi connectivity index (χ1v) is 6.79. The number of H-pyrrole nitrogens is 2. The number of hydrogen-bond acceptors (Lipinski definition) is 4. The molecule has 0 spiro atoms. The van der Waals surface area contributed by atoms with Gasteiger partial charge in [-0.3, -0.25) is 9.67 Å². The molecule has 1 aromatic heterocycles. The first kappa shape index (κ1) is 10.6. The molecule has 8 heteroatoms. The summed E-state index contributed by atoms with van der Waals surface area (Å²) in [4.78, 5) is 11.2. The topological polar surface area (TPSA) is 87.7 Å². The molecule has 1 saturated heterocycles. The molecule has 1 unspecified atom stereocenters. The van der Waals surface area contributed by atoms with Crippen LogP contribution in [0.5, 0.6) is 0 Å². The predicted molar refractivity (Wildman–Crippen MR) is 57.0 cm³/mol. The summed E-state index contributed by atoms with van der Waals surface area (Å²) in [6, 6.07) is 0. The number of nitrogens with zero attached hydrogens (tertiary/aromatic N) is 1. The molecule has 1 atom stereocenters. The molecule has 2 rings (SSSR count). The van der Waals surface area contributed by atoms with Crippen molar-refractivity contribution >= 4 is 22.1 Å². The van der Waals surface area contributed by atoms with E-state index in [0.29, 0.717) is 17.7 Å². The monoisotopic (exact) mass is 249 g/mol. The Labute approximate surface area is 91.2 Å². The maximum absolute atomic E-state index is 11.2. The second-order valence-corrected chi connectivity index (χ2v) is 6.36. The highest BCUT2D eigenvalue weighted by Gasteiger charge is 2.28. The van der Waals surface area contributed by atoms with Gasteiger partial charge in [0.2, 0.25) is 0 Å². The highest BCUT2D eigenvalue weighted by molar-refractivity contribution is 7.91. The van der Waals surface area contributed by atoms with E-state index in [9.17, 15) is 13.2 Å². The Kier molecular flexibility index (Phi) is 2.55. The fourth-order valence-corrected chi connectivity index (χ4v) is 3.83. The van der Waals surface area contributed by atoms with Gasteiger partial charge in [-0.25, -0.2) is 18.3 Å². The van der Waals surface area contributed by atoms with Crippen molar-refractivity contribution in [3.8, 4) is 0 Å². The van der Waals surface area contributed by atoms with Crippen LogP contribution < -0.4 is 5.69 Å². The molecule has 0 bridgehead atoms. The number of sulfone groups is 1. The van der Waals surface area contributed by atoms with Crippen LogP contribution in [-0.4, -0.2) is 34.7 Å². The van der Waals surface area contributed by atoms with Crippen molar-refractivity contribution in [3.63, 3.8) is 0 Å². The van der Waals surface area contributed by atoms with Crippen LogP contribution in [0.1, 0.15) is 6.42 Å². The minimum absolute atomic E-state index is 0.00130. The summed E-state index contributed by atoms with van der Waals surface area (Å²) in [7, 11) is -2.89. The van der Waals surface area contributed by atoms with Crippen LogP contribution in [0.25, 0.3) is 0 Å². The third kappa shape index (κ3) is 2.20. The van der Waals surface area contributed by atoms with Crippen molar-refractivity contribution in [2.75, 3.05) is 11.5 Å². The Balaban J connectivity index is 2.18. The Morgan fingerprint density at radius 1 is 1.47 bits per heavy atom. The number of hydrogen-bond donors (Lipinski definition) is 2. The van der Waals surface area contributed by atoms with Gasteiger partial charge in [0.25, 0.3) is 0 Å².